The lowest BCUT2D eigenvalue weighted by molar-refractivity contribution is 0.298. The van der Waals surface area contributed by atoms with Crippen molar-refractivity contribution in [3.05, 3.63) is 59.7 Å². The number of methoxy groups -OCH3 is 1. The number of ether oxygens (including phenoxy) is 1. The second-order valence-electron chi connectivity index (χ2n) is 5.71. The molecule has 0 heterocycles. The van der Waals surface area contributed by atoms with E-state index in [2.05, 4.69) is 4.72 Å². The zero-order valence-corrected chi connectivity index (χ0v) is 15.0. The van der Waals surface area contributed by atoms with Crippen LogP contribution in [0.5, 0.6) is 5.75 Å². The summed E-state index contributed by atoms with van der Waals surface area (Å²) < 4.78 is 58.8. The van der Waals surface area contributed by atoms with Crippen LogP contribution < -0.4 is 9.46 Å². The van der Waals surface area contributed by atoms with Gasteiger partial charge in [-0.05, 0) is 43.9 Å². The van der Waals surface area contributed by atoms with Gasteiger partial charge in [-0.15, -0.1) is 0 Å². The topological polar surface area (TPSA) is 58.6 Å². The second kappa shape index (κ2) is 7.90. The SMILES string of the molecule is COc1cccc([C@H](CNS(=O)(=O)c2cc(F)cc(F)c2)N(C)C)c1. The monoisotopic (exact) mass is 370 g/mol. The van der Waals surface area contributed by atoms with Gasteiger partial charge in [0.05, 0.1) is 12.0 Å². The molecule has 0 bridgehead atoms. The molecule has 0 aliphatic rings. The largest absolute Gasteiger partial charge is 0.497 e. The Labute approximate surface area is 146 Å². The normalized spacial score (nSPS) is 13.0. The van der Waals surface area contributed by atoms with Crippen LogP contribution in [0, 0.1) is 11.6 Å². The lowest BCUT2D eigenvalue weighted by Crippen LogP contribution is -2.34. The molecular weight excluding hydrogens is 350 g/mol. The fourth-order valence-electron chi connectivity index (χ4n) is 2.40. The van der Waals surface area contributed by atoms with Crippen LogP contribution in [0.25, 0.3) is 0 Å². The summed E-state index contributed by atoms with van der Waals surface area (Å²) in [6, 6.07) is 9.14. The fourth-order valence-corrected chi connectivity index (χ4v) is 3.48. The van der Waals surface area contributed by atoms with Gasteiger partial charge in [-0.2, -0.15) is 0 Å². The van der Waals surface area contributed by atoms with Crippen LogP contribution >= 0.6 is 0 Å². The third-order valence-corrected chi connectivity index (χ3v) is 5.12. The summed E-state index contributed by atoms with van der Waals surface area (Å²) in [5, 5.41) is 0. The van der Waals surface area contributed by atoms with Crippen molar-refractivity contribution in [3.63, 3.8) is 0 Å². The molecule has 136 valence electrons. The number of nitrogens with one attached hydrogen (secondary N) is 1. The summed E-state index contributed by atoms with van der Waals surface area (Å²) in [5.41, 5.74) is 0.845. The molecule has 0 saturated carbocycles. The minimum absolute atomic E-state index is 0.0284. The minimum atomic E-state index is -4.05. The van der Waals surface area contributed by atoms with Crippen molar-refractivity contribution in [3.8, 4) is 5.75 Å². The highest BCUT2D eigenvalue weighted by atomic mass is 32.2. The van der Waals surface area contributed by atoms with Crippen LogP contribution in [0.1, 0.15) is 11.6 Å². The van der Waals surface area contributed by atoms with Crippen molar-refractivity contribution >= 4 is 10.0 Å². The summed E-state index contributed by atoms with van der Waals surface area (Å²) in [7, 11) is 1.11. The van der Waals surface area contributed by atoms with E-state index in [1.807, 2.05) is 11.0 Å². The molecule has 0 unspecified atom stereocenters. The van der Waals surface area contributed by atoms with Crippen LogP contribution in [0.3, 0.4) is 0 Å². The molecule has 0 amide bonds. The van der Waals surface area contributed by atoms with Crippen LogP contribution in [-0.4, -0.2) is 41.1 Å². The van der Waals surface area contributed by atoms with Crippen molar-refractivity contribution in [2.75, 3.05) is 27.7 Å². The fraction of sp³-hybridized carbons (Fsp3) is 0.294. The van der Waals surface area contributed by atoms with Gasteiger partial charge < -0.3 is 9.64 Å². The summed E-state index contributed by atoms with van der Waals surface area (Å²) >= 11 is 0. The molecule has 2 aromatic carbocycles. The first-order chi connectivity index (χ1) is 11.7. The van der Waals surface area contributed by atoms with Gasteiger partial charge >= 0.3 is 0 Å². The molecular formula is C17H20F2N2O3S. The molecule has 0 saturated heterocycles. The molecule has 2 rings (SSSR count). The number of nitrogens with zero attached hydrogens (tertiary/aromatic N) is 1. The van der Waals surface area contributed by atoms with Gasteiger partial charge in [-0.25, -0.2) is 21.9 Å². The van der Waals surface area contributed by atoms with Gasteiger partial charge in [0.2, 0.25) is 10.0 Å². The minimum Gasteiger partial charge on any atom is -0.497 e. The maximum absolute atomic E-state index is 13.3. The average molecular weight is 370 g/mol. The van der Waals surface area contributed by atoms with Crippen LogP contribution in [0.2, 0.25) is 0 Å². The summed E-state index contributed by atoms with van der Waals surface area (Å²) in [6.07, 6.45) is 0. The summed E-state index contributed by atoms with van der Waals surface area (Å²) in [6.45, 7) is 0.0284. The maximum Gasteiger partial charge on any atom is 0.240 e. The Bertz CT molecular complexity index is 821. The van der Waals surface area contributed by atoms with E-state index in [1.165, 1.54) is 0 Å². The Morgan fingerprint density at radius 2 is 1.76 bits per heavy atom. The molecule has 25 heavy (non-hydrogen) atoms. The Morgan fingerprint density at radius 1 is 1.12 bits per heavy atom. The first kappa shape index (κ1) is 19.3. The maximum atomic E-state index is 13.3. The predicted octanol–water partition coefficient (Wildman–Crippen LogP) is 2.55. The van der Waals surface area contributed by atoms with E-state index in [9.17, 15) is 17.2 Å². The van der Waals surface area contributed by atoms with E-state index in [4.69, 9.17) is 4.74 Å². The standard InChI is InChI=1S/C17H20F2N2O3S/c1-21(2)17(12-5-4-6-15(7-12)24-3)11-20-25(22,23)16-9-13(18)8-14(19)10-16/h4-10,17,20H,11H2,1-3H3/t17-/m0/s1. The molecule has 0 aromatic heterocycles. The summed E-state index contributed by atoms with van der Waals surface area (Å²) in [5.74, 6) is -1.24. The molecule has 1 atom stereocenters. The van der Waals surface area contributed by atoms with Crippen LogP contribution in [0.4, 0.5) is 8.78 Å². The quantitative estimate of drug-likeness (QED) is 0.814. The average Bonchev–Trinajstić information content (AvgIpc) is 2.54. The van der Waals surface area contributed by atoms with Gasteiger partial charge in [0, 0.05) is 18.7 Å². The van der Waals surface area contributed by atoms with Crippen molar-refractivity contribution in [2.45, 2.75) is 10.9 Å². The molecule has 0 fully saturated rings. The van der Waals surface area contributed by atoms with Crippen molar-refractivity contribution in [1.29, 1.82) is 0 Å². The molecule has 1 N–H and O–H groups in total. The molecule has 8 heteroatoms. The molecule has 0 radical (unpaired) electrons. The number of benzene rings is 2. The first-order valence-corrected chi connectivity index (χ1v) is 8.97. The van der Waals surface area contributed by atoms with Crippen molar-refractivity contribution < 1.29 is 21.9 Å². The van der Waals surface area contributed by atoms with Gasteiger partial charge in [0.15, 0.2) is 0 Å². The predicted molar refractivity (Wildman–Crippen MR) is 91.0 cm³/mol. The summed E-state index contributed by atoms with van der Waals surface area (Å²) in [4.78, 5) is 1.39. The molecule has 5 nitrogen and oxygen atoms in total. The Morgan fingerprint density at radius 3 is 2.32 bits per heavy atom. The second-order valence-corrected chi connectivity index (χ2v) is 7.48. The van der Waals surface area contributed by atoms with E-state index in [0.29, 0.717) is 11.8 Å². The highest BCUT2D eigenvalue weighted by molar-refractivity contribution is 7.89. The lowest BCUT2D eigenvalue weighted by atomic mass is 10.1. The number of hydrogen-bond donors (Lipinski definition) is 1. The zero-order valence-electron chi connectivity index (χ0n) is 14.2. The van der Waals surface area contributed by atoms with Crippen molar-refractivity contribution in [1.82, 2.24) is 9.62 Å². The molecule has 0 spiro atoms. The van der Waals surface area contributed by atoms with Gasteiger partial charge in [-0.3, -0.25) is 0 Å². The van der Waals surface area contributed by atoms with E-state index in [0.717, 1.165) is 17.7 Å². The van der Waals surface area contributed by atoms with Crippen molar-refractivity contribution in [2.24, 2.45) is 0 Å². The number of rotatable bonds is 7. The third kappa shape index (κ3) is 4.97. The zero-order chi connectivity index (χ0) is 18.6. The van der Waals surface area contributed by atoms with Gasteiger partial charge in [-0.1, -0.05) is 12.1 Å². The Kier molecular flexibility index (Phi) is 6.10. The number of hydrogen-bond acceptors (Lipinski definition) is 4. The van der Waals surface area contributed by atoms with E-state index in [1.54, 1.807) is 39.4 Å². The van der Waals surface area contributed by atoms with E-state index < -0.39 is 26.6 Å². The first-order valence-electron chi connectivity index (χ1n) is 7.49. The Balaban J connectivity index is 2.22. The number of likely N-dealkylation sites (N-methyl/N-ethyl adjacent to an activating group) is 1. The van der Waals surface area contributed by atoms with E-state index in [-0.39, 0.29) is 12.6 Å². The van der Waals surface area contributed by atoms with Crippen LogP contribution in [-0.2, 0) is 10.0 Å². The highest BCUT2D eigenvalue weighted by Gasteiger charge is 2.21. The molecule has 0 aliphatic heterocycles. The smallest absolute Gasteiger partial charge is 0.240 e. The number of halogens is 2. The third-order valence-electron chi connectivity index (χ3n) is 3.71. The van der Waals surface area contributed by atoms with E-state index >= 15 is 0 Å². The molecule has 0 aliphatic carbocycles. The number of sulfonamides is 1. The van der Waals surface area contributed by atoms with Gasteiger partial charge in [0.1, 0.15) is 17.4 Å². The molecule has 2 aromatic rings. The highest BCUT2D eigenvalue weighted by Crippen LogP contribution is 2.23. The Hall–Kier alpha value is -2.03. The van der Waals surface area contributed by atoms with Gasteiger partial charge in [0.25, 0.3) is 0 Å². The lowest BCUT2D eigenvalue weighted by Gasteiger charge is -2.25. The van der Waals surface area contributed by atoms with Crippen LogP contribution in [0.15, 0.2) is 47.4 Å².